The van der Waals surface area contributed by atoms with Crippen molar-refractivity contribution in [1.29, 1.82) is 0 Å². The number of ether oxygens (including phenoxy) is 1. The summed E-state index contributed by atoms with van der Waals surface area (Å²) in [6.45, 7) is 0.473. The first-order valence-corrected chi connectivity index (χ1v) is 9.72. The number of anilines is 3. The number of amides is 1. The Bertz CT molecular complexity index is 1170. The number of nitrogens with two attached hydrogens (primary N) is 1. The molecule has 4 N–H and O–H groups in total. The normalized spacial score (nSPS) is 12.3. The van der Waals surface area contributed by atoms with Gasteiger partial charge in [-0.25, -0.2) is 4.98 Å². The van der Waals surface area contributed by atoms with E-state index in [9.17, 15) is 18.0 Å². The lowest BCUT2D eigenvalue weighted by Crippen LogP contribution is -2.17. The summed E-state index contributed by atoms with van der Waals surface area (Å²) in [5.41, 5.74) is 10.2. The van der Waals surface area contributed by atoms with Crippen LogP contribution in [0.5, 0.6) is 5.75 Å². The molecule has 1 aliphatic rings. The van der Waals surface area contributed by atoms with Gasteiger partial charge in [0.25, 0.3) is 5.91 Å². The van der Waals surface area contributed by atoms with Crippen molar-refractivity contribution in [2.75, 3.05) is 10.6 Å². The summed E-state index contributed by atoms with van der Waals surface area (Å²) >= 11 is 0. The number of alkyl halides is 3. The monoisotopic (exact) mass is 440 g/mol. The number of hydrogen-bond donors (Lipinski definition) is 3. The second-order valence-corrected chi connectivity index (χ2v) is 7.13. The molecule has 4 rings (SSSR count). The molecule has 0 radical (unpaired) electrons. The lowest BCUT2D eigenvalue weighted by atomic mass is 10.0. The highest BCUT2D eigenvalue weighted by molar-refractivity contribution is 5.98. The summed E-state index contributed by atoms with van der Waals surface area (Å²) in [6, 6.07) is 12.9. The number of allylic oxidation sites excluding steroid dienone is 1. The molecule has 1 heterocycles. The van der Waals surface area contributed by atoms with E-state index in [2.05, 4.69) is 38.6 Å². The van der Waals surface area contributed by atoms with Gasteiger partial charge in [0.2, 0.25) is 0 Å². The average molecular weight is 440 g/mol. The van der Waals surface area contributed by atoms with Crippen LogP contribution in [0.15, 0.2) is 60.8 Å². The SMILES string of the molecule is NC(=O)c1cnc(Nc2ccc(OC(F)(F)F)cc2)cc1NCc1cccc2c1C=CC2. The van der Waals surface area contributed by atoms with Crippen molar-refractivity contribution in [1.82, 2.24) is 4.98 Å². The van der Waals surface area contributed by atoms with Gasteiger partial charge in [-0.05, 0) is 47.4 Å². The van der Waals surface area contributed by atoms with Crippen molar-refractivity contribution >= 4 is 29.2 Å². The average Bonchev–Trinajstić information content (AvgIpc) is 3.22. The summed E-state index contributed by atoms with van der Waals surface area (Å²) in [7, 11) is 0. The van der Waals surface area contributed by atoms with Crippen LogP contribution in [-0.4, -0.2) is 17.3 Å². The minimum Gasteiger partial charge on any atom is -0.406 e. The predicted octanol–water partition coefficient (Wildman–Crippen LogP) is 5.00. The number of halogens is 3. The third-order valence-electron chi connectivity index (χ3n) is 4.91. The highest BCUT2D eigenvalue weighted by atomic mass is 19.4. The number of carbonyl (C=O) groups excluding carboxylic acids is 1. The van der Waals surface area contributed by atoms with Crippen molar-refractivity contribution in [2.45, 2.75) is 19.3 Å². The maximum absolute atomic E-state index is 12.3. The molecule has 1 aromatic heterocycles. The Kier molecular flexibility index (Phi) is 5.72. The molecule has 0 spiro atoms. The third kappa shape index (κ3) is 5.00. The van der Waals surface area contributed by atoms with Crippen LogP contribution in [-0.2, 0) is 13.0 Å². The van der Waals surface area contributed by atoms with Crippen molar-refractivity contribution in [3.8, 4) is 5.75 Å². The van der Waals surface area contributed by atoms with Crippen LogP contribution in [0.25, 0.3) is 6.08 Å². The van der Waals surface area contributed by atoms with Gasteiger partial charge in [-0.15, -0.1) is 13.2 Å². The second kappa shape index (κ2) is 8.62. The van der Waals surface area contributed by atoms with Gasteiger partial charge in [-0.2, -0.15) is 0 Å². The fourth-order valence-electron chi connectivity index (χ4n) is 3.46. The molecule has 0 atom stereocenters. The molecule has 0 saturated heterocycles. The van der Waals surface area contributed by atoms with E-state index in [1.165, 1.54) is 36.0 Å². The number of hydrogen-bond acceptors (Lipinski definition) is 5. The molecule has 0 fully saturated rings. The van der Waals surface area contributed by atoms with E-state index in [0.29, 0.717) is 23.7 Å². The Hall–Kier alpha value is -4.01. The number of carbonyl (C=O) groups is 1. The zero-order chi connectivity index (χ0) is 22.7. The third-order valence-corrected chi connectivity index (χ3v) is 4.91. The Morgan fingerprint density at radius 1 is 1.16 bits per heavy atom. The molecule has 0 unspecified atom stereocenters. The van der Waals surface area contributed by atoms with Gasteiger partial charge in [-0.1, -0.05) is 30.4 Å². The highest BCUT2D eigenvalue weighted by Crippen LogP contribution is 2.28. The van der Waals surface area contributed by atoms with Crippen LogP contribution in [0.1, 0.15) is 27.0 Å². The van der Waals surface area contributed by atoms with Crippen LogP contribution in [0, 0.1) is 0 Å². The molecule has 2 aromatic carbocycles. The van der Waals surface area contributed by atoms with Crippen LogP contribution in [0.2, 0.25) is 0 Å². The number of rotatable bonds is 7. The van der Waals surface area contributed by atoms with Gasteiger partial charge >= 0.3 is 6.36 Å². The quantitative estimate of drug-likeness (QED) is 0.481. The molecule has 0 saturated carbocycles. The van der Waals surface area contributed by atoms with Crippen molar-refractivity contribution < 1.29 is 22.7 Å². The molecular formula is C23H19F3N4O2. The van der Waals surface area contributed by atoms with Crippen molar-refractivity contribution in [2.24, 2.45) is 5.73 Å². The Balaban J connectivity index is 1.51. The van der Waals surface area contributed by atoms with Gasteiger partial charge in [0, 0.05) is 24.5 Å². The zero-order valence-corrected chi connectivity index (χ0v) is 16.7. The second-order valence-electron chi connectivity index (χ2n) is 7.13. The number of nitrogens with one attached hydrogen (secondary N) is 2. The van der Waals surface area contributed by atoms with E-state index in [0.717, 1.165) is 17.5 Å². The zero-order valence-electron chi connectivity index (χ0n) is 16.7. The molecule has 6 nitrogen and oxygen atoms in total. The largest absolute Gasteiger partial charge is 0.573 e. The number of pyridine rings is 1. The first-order valence-electron chi connectivity index (χ1n) is 9.72. The van der Waals surface area contributed by atoms with E-state index in [4.69, 9.17) is 5.73 Å². The van der Waals surface area contributed by atoms with Crippen LogP contribution < -0.4 is 21.1 Å². The Morgan fingerprint density at radius 3 is 2.66 bits per heavy atom. The lowest BCUT2D eigenvalue weighted by molar-refractivity contribution is -0.274. The number of primary amides is 1. The van der Waals surface area contributed by atoms with Gasteiger partial charge < -0.3 is 21.1 Å². The number of nitrogens with zero attached hydrogens (tertiary/aromatic N) is 1. The van der Waals surface area contributed by atoms with Gasteiger partial charge in [0.05, 0.1) is 11.3 Å². The summed E-state index contributed by atoms with van der Waals surface area (Å²) < 4.78 is 40.8. The smallest absolute Gasteiger partial charge is 0.406 e. The van der Waals surface area contributed by atoms with Gasteiger partial charge in [0.1, 0.15) is 11.6 Å². The summed E-state index contributed by atoms with van der Waals surface area (Å²) in [5.74, 6) is -0.564. The molecule has 164 valence electrons. The molecule has 9 heteroatoms. The van der Waals surface area contributed by atoms with Crippen molar-refractivity contribution in [3.05, 3.63) is 83.1 Å². The Morgan fingerprint density at radius 2 is 1.94 bits per heavy atom. The fourth-order valence-corrected chi connectivity index (χ4v) is 3.46. The number of benzene rings is 2. The molecule has 0 aliphatic heterocycles. The molecule has 1 amide bonds. The molecular weight excluding hydrogens is 421 g/mol. The van der Waals surface area contributed by atoms with Gasteiger partial charge in [0.15, 0.2) is 0 Å². The van der Waals surface area contributed by atoms with Gasteiger partial charge in [-0.3, -0.25) is 4.79 Å². The number of aromatic nitrogens is 1. The standard InChI is InChI=1S/C23H19F3N4O2/c24-23(25,26)32-17-9-7-16(8-10-17)30-21-11-20(19(13-29-21)22(27)31)28-12-15-5-1-3-14-4-2-6-18(14)15/h1-3,5-11,13H,4,12H2,(H2,27,31)(H2,28,29,30). The maximum atomic E-state index is 12.3. The van der Waals surface area contributed by atoms with E-state index < -0.39 is 12.3 Å². The predicted molar refractivity (Wildman–Crippen MR) is 116 cm³/mol. The minimum absolute atomic E-state index is 0.229. The van der Waals surface area contributed by atoms with E-state index in [1.54, 1.807) is 6.07 Å². The fraction of sp³-hybridized carbons (Fsp3) is 0.130. The van der Waals surface area contributed by atoms with E-state index in [-0.39, 0.29) is 11.3 Å². The van der Waals surface area contributed by atoms with Crippen LogP contribution >= 0.6 is 0 Å². The maximum Gasteiger partial charge on any atom is 0.573 e. The van der Waals surface area contributed by atoms with Crippen LogP contribution in [0.3, 0.4) is 0 Å². The molecule has 32 heavy (non-hydrogen) atoms. The Labute approximate surface area is 181 Å². The molecule has 0 bridgehead atoms. The topological polar surface area (TPSA) is 89.3 Å². The lowest BCUT2D eigenvalue weighted by Gasteiger charge is -2.14. The van der Waals surface area contributed by atoms with E-state index >= 15 is 0 Å². The highest BCUT2D eigenvalue weighted by Gasteiger charge is 2.30. The van der Waals surface area contributed by atoms with Crippen LogP contribution in [0.4, 0.5) is 30.4 Å². The minimum atomic E-state index is -4.75. The van der Waals surface area contributed by atoms with Crippen molar-refractivity contribution in [3.63, 3.8) is 0 Å². The first-order chi connectivity index (χ1) is 15.3. The summed E-state index contributed by atoms with van der Waals surface area (Å²) in [5, 5.41) is 6.23. The number of fused-ring (bicyclic) bond motifs is 1. The molecule has 1 aliphatic carbocycles. The molecule has 3 aromatic rings. The first kappa shape index (κ1) is 21.2. The summed E-state index contributed by atoms with van der Waals surface area (Å²) in [4.78, 5) is 16.0. The van der Waals surface area contributed by atoms with E-state index in [1.807, 2.05) is 12.1 Å². The summed E-state index contributed by atoms with van der Waals surface area (Å²) in [6.07, 6.45) is 1.67.